The molecule has 1 aromatic rings. The zero-order valence-corrected chi connectivity index (χ0v) is 9.18. The van der Waals surface area contributed by atoms with Gasteiger partial charge in [-0.2, -0.15) is 0 Å². The Labute approximate surface area is 88.1 Å². The van der Waals surface area contributed by atoms with E-state index in [2.05, 4.69) is 4.98 Å². The third-order valence-corrected chi connectivity index (χ3v) is 2.20. The first-order valence-corrected chi connectivity index (χ1v) is 4.75. The maximum absolute atomic E-state index is 11.4. The number of hydrogen-bond acceptors (Lipinski definition) is 3. The van der Waals surface area contributed by atoms with Crippen molar-refractivity contribution in [1.29, 1.82) is 0 Å². The summed E-state index contributed by atoms with van der Waals surface area (Å²) in [5.41, 5.74) is 2.08. The summed E-state index contributed by atoms with van der Waals surface area (Å²) in [6.45, 7) is 5.81. The number of rotatable bonds is 2. The first-order chi connectivity index (χ1) is 6.56. The number of carbonyl (C=O) groups is 1. The van der Waals surface area contributed by atoms with Crippen molar-refractivity contribution in [2.75, 3.05) is 6.61 Å². The van der Waals surface area contributed by atoms with Gasteiger partial charge in [-0.3, -0.25) is 0 Å². The third kappa shape index (κ3) is 2.23. The van der Waals surface area contributed by atoms with Gasteiger partial charge in [-0.1, -0.05) is 11.6 Å². The van der Waals surface area contributed by atoms with E-state index in [1.807, 2.05) is 13.8 Å². The van der Waals surface area contributed by atoms with Gasteiger partial charge in [0.25, 0.3) is 0 Å². The highest BCUT2D eigenvalue weighted by Crippen LogP contribution is 2.17. The Morgan fingerprint density at radius 2 is 2.21 bits per heavy atom. The molecule has 1 heterocycles. The van der Waals surface area contributed by atoms with Gasteiger partial charge >= 0.3 is 5.97 Å². The molecular formula is C10H12ClNO2. The molecule has 0 saturated heterocycles. The van der Waals surface area contributed by atoms with Crippen LogP contribution in [0.5, 0.6) is 0 Å². The molecule has 0 spiro atoms. The lowest BCUT2D eigenvalue weighted by Crippen LogP contribution is -2.07. The molecule has 76 valence electrons. The fourth-order valence-electron chi connectivity index (χ4n) is 1.03. The van der Waals surface area contributed by atoms with Crippen molar-refractivity contribution in [2.24, 2.45) is 0 Å². The summed E-state index contributed by atoms with van der Waals surface area (Å²) in [7, 11) is 0. The number of halogens is 1. The molecule has 0 fully saturated rings. The first kappa shape index (κ1) is 11.0. The molecule has 0 unspecified atom stereocenters. The van der Waals surface area contributed by atoms with E-state index in [9.17, 15) is 4.79 Å². The van der Waals surface area contributed by atoms with E-state index < -0.39 is 5.97 Å². The van der Waals surface area contributed by atoms with Crippen LogP contribution in [0, 0.1) is 13.8 Å². The summed E-state index contributed by atoms with van der Waals surface area (Å²) in [5, 5.41) is 0.201. The monoisotopic (exact) mass is 213 g/mol. The van der Waals surface area contributed by atoms with Crippen LogP contribution in [0.3, 0.4) is 0 Å². The first-order valence-electron chi connectivity index (χ1n) is 4.37. The van der Waals surface area contributed by atoms with Crippen LogP contribution in [-0.2, 0) is 4.74 Å². The lowest BCUT2D eigenvalue weighted by Gasteiger charge is -2.06. The lowest BCUT2D eigenvalue weighted by molar-refractivity contribution is 0.0526. The van der Waals surface area contributed by atoms with Gasteiger partial charge in [0, 0.05) is 5.69 Å². The van der Waals surface area contributed by atoms with Crippen molar-refractivity contribution in [2.45, 2.75) is 20.8 Å². The predicted molar refractivity (Wildman–Crippen MR) is 54.7 cm³/mol. The smallest absolute Gasteiger partial charge is 0.341 e. The number of aryl methyl sites for hydroxylation is 2. The SMILES string of the molecule is CCOC(=O)c1cc(C)c(C)nc1Cl. The van der Waals surface area contributed by atoms with Crippen LogP contribution in [0.1, 0.15) is 28.5 Å². The largest absolute Gasteiger partial charge is 0.462 e. The van der Waals surface area contributed by atoms with Crippen LogP contribution in [0.15, 0.2) is 6.07 Å². The van der Waals surface area contributed by atoms with Crippen molar-refractivity contribution in [3.05, 3.63) is 28.0 Å². The number of carbonyl (C=O) groups excluding carboxylic acids is 1. The summed E-state index contributed by atoms with van der Waals surface area (Å²) in [5.74, 6) is -0.423. The minimum Gasteiger partial charge on any atom is -0.462 e. The summed E-state index contributed by atoms with van der Waals surface area (Å²) in [6.07, 6.45) is 0. The maximum Gasteiger partial charge on any atom is 0.341 e. The van der Waals surface area contributed by atoms with Gasteiger partial charge in [0.2, 0.25) is 0 Å². The zero-order valence-electron chi connectivity index (χ0n) is 8.43. The van der Waals surface area contributed by atoms with Gasteiger partial charge in [0.15, 0.2) is 0 Å². The Bertz CT molecular complexity index is 363. The highest BCUT2D eigenvalue weighted by Gasteiger charge is 2.13. The van der Waals surface area contributed by atoms with Crippen molar-refractivity contribution in [3.63, 3.8) is 0 Å². The minimum atomic E-state index is -0.423. The molecule has 1 aromatic heterocycles. The number of pyridine rings is 1. The molecule has 0 bridgehead atoms. The molecule has 0 aliphatic rings. The van der Waals surface area contributed by atoms with Gasteiger partial charge in [-0.05, 0) is 32.4 Å². The molecule has 0 amide bonds. The molecule has 3 nitrogen and oxygen atoms in total. The van der Waals surface area contributed by atoms with E-state index in [-0.39, 0.29) is 5.15 Å². The van der Waals surface area contributed by atoms with E-state index in [0.29, 0.717) is 12.2 Å². The van der Waals surface area contributed by atoms with E-state index >= 15 is 0 Å². The lowest BCUT2D eigenvalue weighted by atomic mass is 10.1. The zero-order chi connectivity index (χ0) is 10.7. The van der Waals surface area contributed by atoms with Crippen LogP contribution >= 0.6 is 11.6 Å². The number of nitrogens with zero attached hydrogens (tertiary/aromatic N) is 1. The van der Waals surface area contributed by atoms with Crippen LogP contribution in [0.2, 0.25) is 5.15 Å². The normalized spacial score (nSPS) is 10.0. The molecule has 0 aliphatic heterocycles. The minimum absolute atomic E-state index is 0.201. The van der Waals surface area contributed by atoms with Crippen LogP contribution in [-0.4, -0.2) is 17.6 Å². The van der Waals surface area contributed by atoms with Crippen molar-refractivity contribution < 1.29 is 9.53 Å². The van der Waals surface area contributed by atoms with E-state index in [1.165, 1.54) is 0 Å². The van der Waals surface area contributed by atoms with E-state index in [1.54, 1.807) is 13.0 Å². The molecule has 0 aliphatic carbocycles. The summed E-state index contributed by atoms with van der Waals surface area (Å²) >= 11 is 5.82. The van der Waals surface area contributed by atoms with Crippen LogP contribution in [0.4, 0.5) is 0 Å². The van der Waals surface area contributed by atoms with Crippen molar-refractivity contribution in [1.82, 2.24) is 4.98 Å². The molecule has 4 heteroatoms. The summed E-state index contributed by atoms with van der Waals surface area (Å²) in [4.78, 5) is 15.4. The van der Waals surface area contributed by atoms with E-state index in [0.717, 1.165) is 11.3 Å². The van der Waals surface area contributed by atoms with Gasteiger partial charge in [0.05, 0.1) is 12.2 Å². The maximum atomic E-state index is 11.4. The summed E-state index contributed by atoms with van der Waals surface area (Å²) < 4.78 is 4.84. The fourth-order valence-corrected chi connectivity index (χ4v) is 1.29. The Morgan fingerprint density at radius 1 is 1.57 bits per heavy atom. The molecule has 0 saturated carbocycles. The van der Waals surface area contributed by atoms with Crippen LogP contribution < -0.4 is 0 Å². The second-order valence-electron chi connectivity index (χ2n) is 2.95. The highest BCUT2D eigenvalue weighted by atomic mass is 35.5. The molecule has 0 N–H and O–H groups in total. The van der Waals surface area contributed by atoms with Crippen molar-refractivity contribution in [3.8, 4) is 0 Å². The predicted octanol–water partition coefficient (Wildman–Crippen LogP) is 2.53. The van der Waals surface area contributed by atoms with Gasteiger partial charge in [0.1, 0.15) is 5.15 Å². The Balaban J connectivity index is 3.09. The molecule has 0 atom stereocenters. The highest BCUT2D eigenvalue weighted by molar-refractivity contribution is 6.32. The molecule has 0 aromatic carbocycles. The van der Waals surface area contributed by atoms with Gasteiger partial charge < -0.3 is 4.74 Å². The van der Waals surface area contributed by atoms with Crippen LogP contribution in [0.25, 0.3) is 0 Å². The van der Waals surface area contributed by atoms with Gasteiger partial charge in [-0.25, -0.2) is 9.78 Å². The van der Waals surface area contributed by atoms with Gasteiger partial charge in [-0.15, -0.1) is 0 Å². The van der Waals surface area contributed by atoms with Crippen molar-refractivity contribution >= 4 is 17.6 Å². The third-order valence-electron chi connectivity index (χ3n) is 1.91. The average molecular weight is 214 g/mol. The molecule has 14 heavy (non-hydrogen) atoms. The van der Waals surface area contributed by atoms with E-state index in [4.69, 9.17) is 16.3 Å². The molecule has 1 rings (SSSR count). The Kier molecular flexibility index (Phi) is 3.47. The summed E-state index contributed by atoms with van der Waals surface area (Å²) in [6, 6.07) is 1.70. The number of ether oxygens (including phenoxy) is 1. The average Bonchev–Trinajstić information content (AvgIpc) is 2.11. The fraction of sp³-hybridized carbons (Fsp3) is 0.400. The second kappa shape index (κ2) is 4.42. The molecular weight excluding hydrogens is 202 g/mol. The molecule has 0 radical (unpaired) electrons. The Hall–Kier alpha value is -1.09. The standard InChI is InChI=1S/C10H12ClNO2/c1-4-14-10(13)8-5-6(2)7(3)12-9(8)11/h5H,4H2,1-3H3. The number of hydrogen-bond donors (Lipinski definition) is 0. The quantitative estimate of drug-likeness (QED) is 0.560. The topological polar surface area (TPSA) is 39.2 Å². The second-order valence-corrected chi connectivity index (χ2v) is 3.31. The Morgan fingerprint density at radius 3 is 2.79 bits per heavy atom. The number of esters is 1. The number of aromatic nitrogens is 1.